The Morgan fingerprint density at radius 2 is 2.04 bits per heavy atom. The van der Waals surface area contributed by atoms with Crippen LogP contribution < -0.4 is 0 Å². The molecular weight excluding hydrogens is 368 g/mol. The lowest BCUT2D eigenvalue weighted by molar-refractivity contribution is -0.174. The third-order valence-electron chi connectivity index (χ3n) is 8.22. The Morgan fingerprint density at radius 1 is 1.33 bits per heavy atom. The van der Waals surface area contributed by atoms with Crippen molar-refractivity contribution in [3.8, 4) is 0 Å². The van der Waals surface area contributed by atoms with Crippen LogP contribution in [0.3, 0.4) is 0 Å². The fourth-order valence-corrected chi connectivity index (χ4v) is 7.14. The first kappa shape index (κ1) is 19.3. The SMILES string of the molecule is C[C@]12CC(Cl)C(=O)C=C1C=C[C@@H]1[C@@H]2[C@@H](O)C[C@@]2(C)[C@H]1CC[C@]2(O)C(=O)CO. The molecule has 1 unspecified atom stereocenters. The van der Waals surface area contributed by atoms with Gasteiger partial charge in [0.25, 0.3) is 0 Å². The molecule has 2 saturated carbocycles. The summed E-state index contributed by atoms with van der Waals surface area (Å²) in [5.41, 5.74) is -1.91. The Kier molecular flexibility index (Phi) is 4.29. The second-order valence-corrected chi connectivity index (χ2v) is 9.86. The van der Waals surface area contributed by atoms with Crippen molar-refractivity contribution in [3.63, 3.8) is 0 Å². The number of halogens is 1. The van der Waals surface area contributed by atoms with Gasteiger partial charge in [0, 0.05) is 16.7 Å². The summed E-state index contributed by atoms with van der Waals surface area (Å²) in [5.74, 6) is -0.765. The monoisotopic (exact) mass is 394 g/mol. The Balaban J connectivity index is 1.79. The third-order valence-corrected chi connectivity index (χ3v) is 8.58. The summed E-state index contributed by atoms with van der Waals surface area (Å²) in [7, 11) is 0. The predicted octanol–water partition coefficient (Wildman–Crippen LogP) is 1.77. The molecular formula is C21H27ClO5. The molecule has 0 bridgehead atoms. The molecule has 8 atom stereocenters. The van der Waals surface area contributed by atoms with Crippen molar-refractivity contribution in [1.29, 1.82) is 0 Å². The number of hydrogen-bond acceptors (Lipinski definition) is 5. The van der Waals surface area contributed by atoms with Gasteiger partial charge in [0.2, 0.25) is 0 Å². The smallest absolute Gasteiger partial charge is 0.190 e. The van der Waals surface area contributed by atoms with Gasteiger partial charge in [0.1, 0.15) is 12.2 Å². The van der Waals surface area contributed by atoms with Gasteiger partial charge < -0.3 is 15.3 Å². The molecule has 0 aromatic heterocycles. The van der Waals surface area contributed by atoms with E-state index < -0.39 is 40.3 Å². The molecule has 0 aromatic rings. The van der Waals surface area contributed by atoms with Crippen LogP contribution in [0.15, 0.2) is 23.8 Å². The highest BCUT2D eigenvalue weighted by molar-refractivity contribution is 6.33. The van der Waals surface area contributed by atoms with Crippen molar-refractivity contribution in [3.05, 3.63) is 23.8 Å². The molecule has 0 radical (unpaired) electrons. The van der Waals surface area contributed by atoms with E-state index in [-0.39, 0.29) is 23.5 Å². The molecule has 0 spiro atoms. The lowest BCUT2D eigenvalue weighted by Crippen LogP contribution is -2.61. The summed E-state index contributed by atoms with van der Waals surface area (Å²) >= 11 is 6.29. The fourth-order valence-electron chi connectivity index (χ4n) is 6.75. The summed E-state index contributed by atoms with van der Waals surface area (Å²) in [4.78, 5) is 24.4. The molecule has 27 heavy (non-hydrogen) atoms. The number of alkyl halides is 1. The summed E-state index contributed by atoms with van der Waals surface area (Å²) < 4.78 is 0. The van der Waals surface area contributed by atoms with E-state index in [2.05, 4.69) is 6.92 Å². The second-order valence-electron chi connectivity index (χ2n) is 9.33. The van der Waals surface area contributed by atoms with Gasteiger partial charge in [-0.15, -0.1) is 11.6 Å². The highest BCUT2D eigenvalue weighted by Gasteiger charge is 2.67. The van der Waals surface area contributed by atoms with Crippen LogP contribution in [0.5, 0.6) is 0 Å². The molecule has 0 aromatic carbocycles. The number of rotatable bonds is 2. The number of Topliss-reactive ketones (excluding diaryl/α,β-unsaturated/α-hetero) is 1. The average molecular weight is 395 g/mol. The third kappa shape index (κ3) is 2.35. The number of carbonyl (C=O) groups excluding carboxylic acids is 2. The molecule has 148 valence electrons. The number of hydrogen-bond donors (Lipinski definition) is 3. The molecule has 4 aliphatic rings. The number of ketones is 2. The minimum Gasteiger partial charge on any atom is -0.393 e. The number of carbonyl (C=O) groups is 2. The zero-order chi connectivity index (χ0) is 19.8. The number of aliphatic hydroxyl groups is 3. The van der Waals surface area contributed by atoms with E-state index in [0.717, 1.165) is 5.57 Å². The largest absolute Gasteiger partial charge is 0.393 e. The highest BCUT2D eigenvalue weighted by atomic mass is 35.5. The van der Waals surface area contributed by atoms with Crippen molar-refractivity contribution in [2.45, 2.75) is 56.6 Å². The Bertz CT molecular complexity index is 760. The van der Waals surface area contributed by atoms with Gasteiger partial charge in [-0.25, -0.2) is 0 Å². The first-order valence-electron chi connectivity index (χ1n) is 9.71. The maximum absolute atomic E-state index is 12.4. The maximum atomic E-state index is 12.4. The van der Waals surface area contributed by atoms with E-state index in [9.17, 15) is 24.9 Å². The zero-order valence-corrected chi connectivity index (χ0v) is 16.4. The van der Waals surface area contributed by atoms with E-state index in [0.29, 0.717) is 25.7 Å². The maximum Gasteiger partial charge on any atom is 0.190 e. The molecule has 0 saturated heterocycles. The van der Waals surface area contributed by atoms with Crippen LogP contribution >= 0.6 is 11.6 Å². The van der Waals surface area contributed by atoms with E-state index in [1.165, 1.54) is 0 Å². The van der Waals surface area contributed by atoms with Gasteiger partial charge in [-0.2, -0.15) is 0 Å². The number of allylic oxidation sites excluding steroid dienone is 4. The van der Waals surface area contributed by atoms with Crippen LogP contribution in [0.2, 0.25) is 0 Å². The van der Waals surface area contributed by atoms with Crippen LogP contribution in [0.25, 0.3) is 0 Å². The van der Waals surface area contributed by atoms with Gasteiger partial charge in [0.15, 0.2) is 11.6 Å². The Morgan fingerprint density at radius 3 is 2.70 bits per heavy atom. The summed E-state index contributed by atoms with van der Waals surface area (Å²) in [6.07, 6.45) is 6.61. The van der Waals surface area contributed by atoms with Crippen molar-refractivity contribution in [1.82, 2.24) is 0 Å². The van der Waals surface area contributed by atoms with Crippen molar-refractivity contribution < 1.29 is 24.9 Å². The average Bonchev–Trinajstić information content (AvgIpc) is 2.87. The van der Waals surface area contributed by atoms with Crippen LogP contribution in [-0.4, -0.2) is 50.6 Å². The lowest BCUT2D eigenvalue weighted by Gasteiger charge is -2.58. The molecule has 5 nitrogen and oxygen atoms in total. The minimum atomic E-state index is -1.61. The van der Waals surface area contributed by atoms with Gasteiger partial charge in [-0.1, -0.05) is 26.0 Å². The van der Waals surface area contributed by atoms with Crippen LogP contribution in [0, 0.1) is 28.6 Å². The lowest BCUT2D eigenvalue weighted by atomic mass is 9.47. The van der Waals surface area contributed by atoms with Crippen LogP contribution in [-0.2, 0) is 9.59 Å². The quantitative estimate of drug-likeness (QED) is 0.620. The second kappa shape index (κ2) is 5.99. The van der Waals surface area contributed by atoms with E-state index in [1.807, 2.05) is 19.1 Å². The van der Waals surface area contributed by atoms with Crippen molar-refractivity contribution >= 4 is 23.2 Å². The number of fused-ring (bicyclic) bond motifs is 5. The van der Waals surface area contributed by atoms with Gasteiger partial charge in [-0.05, 0) is 49.2 Å². The fraction of sp³-hybridized carbons (Fsp3) is 0.714. The normalized spacial score (nSPS) is 51.3. The van der Waals surface area contributed by atoms with E-state index in [4.69, 9.17) is 11.6 Å². The van der Waals surface area contributed by atoms with E-state index in [1.54, 1.807) is 6.08 Å². The van der Waals surface area contributed by atoms with Gasteiger partial charge in [0.05, 0.1) is 11.5 Å². The topological polar surface area (TPSA) is 94.8 Å². The zero-order valence-electron chi connectivity index (χ0n) is 15.7. The Hall–Kier alpha value is -1.01. The molecule has 0 heterocycles. The molecule has 0 amide bonds. The summed E-state index contributed by atoms with van der Waals surface area (Å²) in [6.45, 7) is 3.24. The first-order valence-corrected chi connectivity index (χ1v) is 10.1. The predicted molar refractivity (Wildman–Crippen MR) is 100 cm³/mol. The molecule has 0 aliphatic heterocycles. The molecule has 4 rings (SSSR count). The summed E-state index contributed by atoms with van der Waals surface area (Å²) in [5, 5.41) is 31.1. The molecule has 4 aliphatic carbocycles. The van der Waals surface area contributed by atoms with Crippen molar-refractivity contribution in [2.24, 2.45) is 28.6 Å². The van der Waals surface area contributed by atoms with Gasteiger partial charge in [-0.3, -0.25) is 9.59 Å². The first-order chi connectivity index (χ1) is 12.6. The van der Waals surface area contributed by atoms with Crippen LogP contribution in [0.1, 0.15) is 39.5 Å². The molecule has 3 N–H and O–H groups in total. The highest BCUT2D eigenvalue weighted by Crippen LogP contribution is 2.66. The van der Waals surface area contributed by atoms with Crippen molar-refractivity contribution in [2.75, 3.05) is 6.61 Å². The van der Waals surface area contributed by atoms with E-state index >= 15 is 0 Å². The van der Waals surface area contributed by atoms with Gasteiger partial charge >= 0.3 is 0 Å². The standard InChI is InChI=1S/C21H27ClO5/c1-19-8-14(22)15(24)7-11(19)3-4-12-13-5-6-21(27,17(26)10-23)20(13,2)9-16(25)18(12)19/h3-4,7,12-14,16,18,23,25,27H,5-6,8-10H2,1-2H3/t12-,13-,14?,16-,18+,19-,20-,21-/m0/s1. The molecule has 6 heteroatoms. The minimum absolute atomic E-state index is 0.0153. The number of aliphatic hydroxyl groups excluding tert-OH is 2. The summed E-state index contributed by atoms with van der Waals surface area (Å²) in [6, 6.07) is 0. The van der Waals surface area contributed by atoms with Crippen LogP contribution in [0.4, 0.5) is 0 Å². The molecule has 2 fully saturated rings. The Labute approximate surface area is 164 Å².